The number of rotatable bonds is 6. The Bertz CT molecular complexity index is 1060. The van der Waals surface area contributed by atoms with Gasteiger partial charge in [0.25, 0.3) is 0 Å². The van der Waals surface area contributed by atoms with Gasteiger partial charge in [0, 0.05) is 12.2 Å². The number of halogens is 4. The van der Waals surface area contributed by atoms with Gasteiger partial charge in [0.05, 0.1) is 12.0 Å². The molecule has 0 fully saturated rings. The fourth-order valence-electron chi connectivity index (χ4n) is 3.34. The van der Waals surface area contributed by atoms with E-state index in [2.05, 4.69) is 0 Å². The van der Waals surface area contributed by atoms with Crippen molar-refractivity contribution >= 4 is 11.6 Å². The molecule has 2 nitrogen and oxygen atoms in total. The van der Waals surface area contributed by atoms with Crippen LogP contribution in [0.25, 0.3) is 0 Å². The summed E-state index contributed by atoms with van der Waals surface area (Å²) in [5.74, 6) is -1.44. The smallest absolute Gasteiger partial charge is 0.312 e. The van der Waals surface area contributed by atoms with Crippen LogP contribution in [0.5, 0.6) is 0 Å². The summed E-state index contributed by atoms with van der Waals surface area (Å²) in [6.45, 7) is 4.14. The number of carbonyl (C=O) groups excluding carboxylic acids is 1. The first-order valence-corrected chi connectivity index (χ1v) is 9.92. The van der Waals surface area contributed by atoms with E-state index in [9.17, 15) is 22.4 Å². The molecule has 0 unspecified atom stereocenters. The van der Waals surface area contributed by atoms with Gasteiger partial charge in [-0.3, -0.25) is 4.79 Å². The minimum Gasteiger partial charge on any atom is -0.312 e. The third-order valence-corrected chi connectivity index (χ3v) is 5.26. The van der Waals surface area contributed by atoms with E-state index < -0.39 is 17.6 Å². The molecule has 0 saturated carbocycles. The molecule has 0 radical (unpaired) electrons. The van der Waals surface area contributed by atoms with Gasteiger partial charge in [-0.1, -0.05) is 42.5 Å². The van der Waals surface area contributed by atoms with Gasteiger partial charge in [-0.15, -0.1) is 0 Å². The maximum Gasteiger partial charge on any atom is 0.419 e. The molecular formula is C25H23F4NO. The molecule has 0 bridgehead atoms. The second kappa shape index (κ2) is 9.33. The van der Waals surface area contributed by atoms with Gasteiger partial charge in [0.2, 0.25) is 5.91 Å². The third-order valence-electron chi connectivity index (χ3n) is 5.26. The van der Waals surface area contributed by atoms with Crippen LogP contribution in [0.3, 0.4) is 0 Å². The van der Waals surface area contributed by atoms with Crippen molar-refractivity contribution in [2.75, 3.05) is 11.4 Å². The molecule has 1 amide bonds. The summed E-state index contributed by atoms with van der Waals surface area (Å²) in [4.78, 5) is 14.7. The Kier molecular flexibility index (Phi) is 6.78. The second-order valence-electron chi connectivity index (χ2n) is 7.54. The van der Waals surface area contributed by atoms with Gasteiger partial charge >= 0.3 is 6.18 Å². The molecule has 0 atom stereocenters. The Morgan fingerprint density at radius 2 is 1.58 bits per heavy atom. The van der Waals surface area contributed by atoms with E-state index in [1.54, 1.807) is 4.90 Å². The van der Waals surface area contributed by atoms with Crippen LogP contribution < -0.4 is 4.90 Å². The number of hydrogen-bond donors (Lipinski definition) is 0. The zero-order valence-electron chi connectivity index (χ0n) is 17.3. The number of anilines is 1. The number of benzene rings is 3. The van der Waals surface area contributed by atoms with Gasteiger partial charge in [-0.2, -0.15) is 13.2 Å². The number of nitrogens with zero attached hydrogens (tertiary/aromatic N) is 1. The van der Waals surface area contributed by atoms with E-state index in [0.29, 0.717) is 11.3 Å². The summed E-state index contributed by atoms with van der Waals surface area (Å²) in [6.07, 6.45) is -4.32. The summed E-state index contributed by atoms with van der Waals surface area (Å²) in [6, 6.07) is 17.9. The SMILES string of the molecule is Cc1ccc(N(CCc2ccc(C(F)(F)F)c(F)c2)C(=O)Cc2ccccc2)cc1C. The summed E-state index contributed by atoms with van der Waals surface area (Å²) >= 11 is 0. The average molecular weight is 429 g/mol. The average Bonchev–Trinajstić information content (AvgIpc) is 2.70. The molecular weight excluding hydrogens is 406 g/mol. The van der Waals surface area contributed by atoms with Crippen LogP contribution in [0.15, 0.2) is 66.7 Å². The highest BCUT2D eigenvalue weighted by atomic mass is 19.4. The van der Waals surface area contributed by atoms with Crippen molar-refractivity contribution in [2.45, 2.75) is 32.9 Å². The number of aryl methyl sites for hydroxylation is 2. The Morgan fingerprint density at radius 1 is 0.871 bits per heavy atom. The lowest BCUT2D eigenvalue weighted by Gasteiger charge is -2.24. The Hall–Kier alpha value is -3.15. The maximum atomic E-state index is 13.9. The van der Waals surface area contributed by atoms with Crippen LogP contribution in [0, 0.1) is 19.7 Å². The molecule has 0 saturated heterocycles. The molecule has 31 heavy (non-hydrogen) atoms. The molecule has 0 aromatic heterocycles. The first kappa shape index (κ1) is 22.5. The van der Waals surface area contributed by atoms with Crippen molar-refractivity contribution < 1.29 is 22.4 Å². The molecule has 0 aliphatic rings. The lowest BCUT2D eigenvalue weighted by Crippen LogP contribution is -2.34. The largest absolute Gasteiger partial charge is 0.419 e. The first-order valence-electron chi connectivity index (χ1n) is 9.92. The molecule has 3 aromatic carbocycles. The third kappa shape index (κ3) is 5.72. The predicted octanol–water partition coefficient (Wildman–Crippen LogP) is 6.28. The zero-order chi connectivity index (χ0) is 22.6. The lowest BCUT2D eigenvalue weighted by atomic mass is 10.1. The van der Waals surface area contributed by atoms with Gasteiger partial charge in [0.15, 0.2) is 0 Å². The fourth-order valence-corrected chi connectivity index (χ4v) is 3.34. The van der Waals surface area contributed by atoms with E-state index in [4.69, 9.17) is 0 Å². The number of alkyl halides is 3. The van der Waals surface area contributed by atoms with E-state index in [1.165, 1.54) is 6.07 Å². The van der Waals surface area contributed by atoms with Gasteiger partial charge in [-0.25, -0.2) is 4.39 Å². The van der Waals surface area contributed by atoms with Crippen molar-refractivity contribution in [1.29, 1.82) is 0 Å². The highest BCUT2D eigenvalue weighted by Crippen LogP contribution is 2.31. The Morgan fingerprint density at radius 3 is 2.19 bits per heavy atom. The molecule has 3 rings (SSSR count). The molecule has 6 heteroatoms. The quantitative estimate of drug-likeness (QED) is 0.422. The zero-order valence-corrected chi connectivity index (χ0v) is 17.3. The van der Waals surface area contributed by atoms with Crippen molar-refractivity contribution in [3.8, 4) is 0 Å². The van der Waals surface area contributed by atoms with Gasteiger partial charge < -0.3 is 4.90 Å². The molecule has 0 aliphatic heterocycles. The fraction of sp³-hybridized carbons (Fsp3) is 0.240. The van der Waals surface area contributed by atoms with Crippen LogP contribution >= 0.6 is 0 Å². The summed E-state index contributed by atoms with van der Waals surface area (Å²) < 4.78 is 52.4. The number of hydrogen-bond acceptors (Lipinski definition) is 1. The second-order valence-corrected chi connectivity index (χ2v) is 7.54. The van der Waals surface area contributed by atoms with Crippen LogP contribution in [-0.2, 0) is 23.8 Å². The molecule has 162 valence electrons. The van der Waals surface area contributed by atoms with E-state index >= 15 is 0 Å². The minimum absolute atomic E-state index is 0.137. The predicted molar refractivity (Wildman–Crippen MR) is 114 cm³/mol. The van der Waals surface area contributed by atoms with E-state index in [-0.39, 0.29) is 25.3 Å². The van der Waals surface area contributed by atoms with E-state index in [0.717, 1.165) is 28.8 Å². The maximum absolute atomic E-state index is 13.9. The summed E-state index contributed by atoms with van der Waals surface area (Å²) in [7, 11) is 0. The van der Waals surface area contributed by atoms with Gasteiger partial charge in [0.1, 0.15) is 5.82 Å². The summed E-state index contributed by atoms with van der Waals surface area (Å²) in [5, 5.41) is 0. The first-order chi connectivity index (χ1) is 14.6. The number of amides is 1. The molecule has 0 heterocycles. The Labute approximate surface area is 179 Å². The highest BCUT2D eigenvalue weighted by molar-refractivity contribution is 5.94. The lowest BCUT2D eigenvalue weighted by molar-refractivity contribution is -0.140. The van der Waals surface area contributed by atoms with Crippen LogP contribution in [-0.4, -0.2) is 12.5 Å². The van der Waals surface area contributed by atoms with Crippen molar-refractivity contribution in [1.82, 2.24) is 0 Å². The molecule has 0 spiro atoms. The van der Waals surface area contributed by atoms with Crippen molar-refractivity contribution in [2.24, 2.45) is 0 Å². The monoisotopic (exact) mass is 429 g/mol. The normalized spacial score (nSPS) is 11.4. The molecule has 0 aliphatic carbocycles. The standard InChI is InChI=1S/C25H23F4NO/c1-17-8-10-21(14-18(17)2)30(24(31)16-19-6-4-3-5-7-19)13-12-20-9-11-22(23(26)15-20)25(27,28)29/h3-11,14-15H,12-13,16H2,1-2H3. The van der Waals surface area contributed by atoms with Crippen LogP contribution in [0.4, 0.5) is 23.2 Å². The topological polar surface area (TPSA) is 20.3 Å². The van der Waals surface area contributed by atoms with Crippen molar-refractivity contribution in [3.63, 3.8) is 0 Å². The number of carbonyl (C=O) groups is 1. The Balaban J connectivity index is 1.83. The highest BCUT2D eigenvalue weighted by Gasteiger charge is 2.33. The van der Waals surface area contributed by atoms with Crippen LogP contribution in [0.1, 0.15) is 27.8 Å². The molecule has 0 N–H and O–H groups in total. The van der Waals surface area contributed by atoms with Gasteiger partial charge in [-0.05, 0) is 66.8 Å². The van der Waals surface area contributed by atoms with E-state index in [1.807, 2.05) is 62.4 Å². The minimum atomic E-state index is -4.74. The summed E-state index contributed by atoms with van der Waals surface area (Å²) in [5.41, 5.74) is 2.78. The molecule has 3 aromatic rings. The van der Waals surface area contributed by atoms with Crippen molar-refractivity contribution in [3.05, 3.63) is 100 Å². The van der Waals surface area contributed by atoms with Crippen LogP contribution in [0.2, 0.25) is 0 Å².